The van der Waals surface area contributed by atoms with Crippen LogP contribution in [0.1, 0.15) is 37.0 Å². The van der Waals surface area contributed by atoms with Crippen molar-refractivity contribution in [1.29, 1.82) is 0 Å². The van der Waals surface area contributed by atoms with Crippen LogP contribution in [0.5, 0.6) is 0 Å². The summed E-state index contributed by atoms with van der Waals surface area (Å²) < 4.78 is 96.2. The summed E-state index contributed by atoms with van der Waals surface area (Å²) in [7, 11) is 1.26. The Hall–Kier alpha value is -3.71. The second-order valence-electron chi connectivity index (χ2n) is 10.6. The number of likely N-dealkylation sites (N-methyl/N-ethyl adjacent to an activating group) is 1. The standard InChI is InChI=1S/C29H28F7N3O3/c1-27(2,16-10-17(28(31,32)33)12-18(11-16)29(34,35)36)26(42)38(3)22-14-37-25(39-9-8-24(41)23(39)15-40)13-20(22)19-6-4-5-7-21(19)30/h4-7,10-14,23-24,40-41H,8-9,15H2,1-3H3. The Labute approximate surface area is 237 Å². The van der Waals surface area contributed by atoms with E-state index in [2.05, 4.69) is 4.98 Å². The Morgan fingerprint density at radius 1 is 0.976 bits per heavy atom. The molecule has 4 rings (SSSR count). The molecule has 226 valence electrons. The van der Waals surface area contributed by atoms with Crippen molar-refractivity contribution in [3.05, 3.63) is 77.2 Å². The predicted octanol–water partition coefficient (Wildman–Crippen LogP) is 5.80. The van der Waals surface area contributed by atoms with Gasteiger partial charge in [0.2, 0.25) is 5.91 Å². The van der Waals surface area contributed by atoms with E-state index in [4.69, 9.17) is 0 Å². The van der Waals surface area contributed by atoms with Gasteiger partial charge in [-0.15, -0.1) is 0 Å². The van der Waals surface area contributed by atoms with Gasteiger partial charge in [0.1, 0.15) is 11.6 Å². The molecule has 0 radical (unpaired) electrons. The monoisotopic (exact) mass is 599 g/mol. The van der Waals surface area contributed by atoms with Crippen molar-refractivity contribution >= 4 is 17.4 Å². The third-order valence-electron chi connectivity index (χ3n) is 7.53. The molecule has 1 saturated heterocycles. The van der Waals surface area contributed by atoms with Crippen molar-refractivity contribution in [3.63, 3.8) is 0 Å². The van der Waals surface area contributed by atoms with Crippen LogP contribution in [0, 0.1) is 5.82 Å². The fraction of sp³-hybridized carbons (Fsp3) is 0.379. The van der Waals surface area contributed by atoms with Crippen LogP contribution < -0.4 is 9.80 Å². The average molecular weight is 600 g/mol. The molecule has 0 spiro atoms. The highest BCUT2D eigenvalue weighted by atomic mass is 19.4. The number of anilines is 2. The van der Waals surface area contributed by atoms with Gasteiger partial charge in [0.15, 0.2) is 0 Å². The first kappa shape index (κ1) is 31.2. The molecule has 1 fully saturated rings. The number of halogens is 7. The van der Waals surface area contributed by atoms with Crippen LogP contribution in [0.25, 0.3) is 11.1 Å². The molecule has 2 aromatic carbocycles. The van der Waals surface area contributed by atoms with Gasteiger partial charge in [0.05, 0.1) is 47.2 Å². The van der Waals surface area contributed by atoms with Gasteiger partial charge in [-0.25, -0.2) is 9.37 Å². The summed E-state index contributed by atoms with van der Waals surface area (Å²) in [5.74, 6) is -1.28. The van der Waals surface area contributed by atoms with E-state index >= 15 is 4.39 Å². The number of alkyl halides is 6. The van der Waals surface area contributed by atoms with Gasteiger partial charge >= 0.3 is 12.4 Å². The van der Waals surface area contributed by atoms with Gasteiger partial charge in [0, 0.05) is 24.7 Å². The maximum absolute atomic E-state index is 15.0. The molecular weight excluding hydrogens is 571 g/mol. The van der Waals surface area contributed by atoms with E-state index < -0.39 is 58.3 Å². The Balaban J connectivity index is 1.82. The van der Waals surface area contributed by atoms with Gasteiger partial charge in [-0.2, -0.15) is 26.3 Å². The van der Waals surface area contributed by atoms with Crippen LogP contribution in [0.3, 0.4) is 0 Å². The number of aromatic nitrogens is 1. The van der Waals surface area contributed by atoms with E-state index in [1.165, 1.54) is 51.4 Å². The lowest BCUT2D eigenvalue weighted by Crippen LogP contribution is -2.42. The normalized spacial score (nSPS) is 18.0. The summed E-state index contributed by atoms with van der Waals surface area (Å²) in [5.41, 5.74) is -5.29. The van der Waals surface area contributed by atoms with E-state index in [1.807, 2.05) is 0 Å². The van der Waals surface area contributed by atoms with Crippen LogP contribution in [0.15, 0.2) is 54.7 Å². The number of hydrogen-bond donors (Lipinski definition) is 2. The topological polar surface area (TPSA) is 76.9 Å². The summed E-state index contributed by atoms with van der Waals surface area (Å²) in [6.45, 7) is 2.34. The summed E-state index contributed by atoms with van der Waals surface area (Å²) in [6.07, 6.45) is -9.47. The maximum atomic E-state index is 15.0. The minimum atomic E-state index is -5.10. The lowest BCUT2D eigenvalue weighted by atomic mass is 9.81. The molecule has 0 saturated carbocycles. The van der Waals surface area contributed by atoms with Crippen molar-refractivity contribution in [2.24, 2.45) is 0 Å². The molecule has 13 heteroatoms. The summed E-state index contributed by atoms with van der Waals surface area (Å²) in [5, 5.41) is 20.0. The minimum Gasteiger partial charge on any atom is -0.394 e. The van der Waals surface area contributed by atoms with Gasteiger partial charge in [-0.05, 0) is 56.2 Å². The lowest BCUT2D eigenvalue weighted by Gasteiger charge is -2.32. The minimum absolute atomic E-state index is 0.0123. The number of aliphatic hydroxyl groups excluding tert-OH is 2. The summed E-state index contributed by atoms with van der Waals surface area (Å²) in [4.78, 5) is 20.8. The number of benzene rings is 2. The third kappa shape index (κ3) is 5.93. The summed E-state index contributed by atoms with van der Waals surface area (Å²) in [6, 6.07) is 7.39. The Kier molecular flexibility index (Phi) is 8.31. The predicted molar refractivity (Wildman–Crippen MR) is 141 cm³/mol. The van der Waals surface area contributed by atoms with Crippen LogP contribution in [0.4, 0.5) is 42.2 Å². The number of amides is 1. The highest BCUT2D eigenvalue weighted by Crippen LogP contribution is 2.41. The fourth-order valence-electron chi connectivity index (χ4n) is 5.07. The number of carbonyl (C=O) groups excluding carboxylic acids is 1. The zero-order chi connectivity index (χ0) is 31.2. The van der Waals surface area contributed by atoms with Gasteiger partial charge < -0.3 is 20.0 Å². The molecule has 1 aliphatic rings. The van der Waals surface area contributed by atoms with Crippen molar-refractivity contribution in [2.45, 2.75) is 50.2 Å². The molecule has 0 aliphatic carbocycles. The van der Waals surface area contributed by atoms with Gasteiger partial charge in [0.25, 0.3) is 0 Å². The number of nitrogens with zero attached hydrogens (tertiary/aromatic N) is 3. The second-order valence-corrected chi connectivity index (χ2v) is 10.6. The Bertz CT molecular complexity index is 1440. The lowest BCUT2D eigenvalue weighted by molar-refractivity contribution is -0.143. The first-order valence-corrected chi connectivity index (χ1v) is 12.9. The Morgan fingerprint density at radius 2 is 1.55 bits per heavy atom. The maximum Gasteiger partial charge on any atom is 0.416 e. The van der Waals surface area contributed by atoms with Crippen LogP contribution in [-0.2, 0) is 22.6 Å². The van der Waals surface area contributed by atoms with Crippen LogP contribution in [-0.4, -0.2) is 53.4 Å². The molecule has 1 aromatic heterocycles. The number of aliphatic hydroxyl groups is 2. The molecule has 2 N–H and O–H groups in total. The zero-order valence-electron chi connectivity index (χ0n) is 22.8. The zero-order valence-corrected chi connectivity index (χ0v) is 22.8. The number of carbonyl (C=O) groups is 1. The van der Waals surface area contributed by atoms with Gasteiger partial charge in [-0.3, -0.25) is 4.79 Å². The van der Waals surface area contributed by atoms with Crippen molar-refractivity contribution in [1.82, 2.24) is 4.98 Å². The van der Waals surface area contributed by atoms with Crippen molar-refractivity contribution in [3.8, 4) is 11.1 Å². The number of pyridine rings is 1. The highest BCUT2D eigenvalue weighted by molar-refractivity contribution is 6.03. The first-order valence-electron chi connectivity index (χ1n) is 12.9. The first-order chi connectivity index (χ1) is 19.5. The van der Waals surface area contributed by atoms with Gasteiger partial charge in [-0.1, -0.05) is 18.2 Å². The van der Waals surface area contributed by atoms with Crippen molar-refractivity contribution in [2.75, 3.05) is 30.0 Å². The molecule has 1 amide bonds. The van der Waals surface area contributed by atoms with E-state index in [0.717, 1.165) is 4.90 Å². The number of hydrogen-bond acceptors (Lipinski definition) is 5. The number of rotatable bonds is 6. The second kappa shape index (κ2) is 11.2. The molecule has 2 heterocycles. The van der Waals surface area contributed by atoms with E-state index in [1.54, 1.807) is 11.0 Å². The molecule has 6 nitrogen and oxygen atoms in total. The molecule has 0 bridgehead atoms. The quantitative estimate of drug-likeness (QED) is 0.351. The largest absolute Gasteiger partial charge is 0.416 e. The summed E-state index contributed by atoms with van der Waals surface area (Å²) >= 11 is 0. The molecular formula is C29H28F7N3O3. The molecule has 42 heavy (non-hydrogen) atoms. The van der Waals surface area contributed by atoms with E-state index in [-0.39, 0.29) is 35.3 Å². The fourth-order valence-corrected chi connectivity index (χ4v) is 5.07. The van der Waals surface area contributed by atoms with E-state index in [0.29, 0.717) is 25.1 Å². The SMILES string of the molecule is CN(C(=O)C(C)(C)c1cc(C(F)(F)F)cc(C(F)(F)F)c1)c1cnc(N2CCC(O)C2CO)cc1-c1ccccc1F. The average Bonchev–Trinajstić information content (AvgIpc) is 3.31. The van der Waals surface area contributed by atoms with Crippen LogP contribution >= 0.6 is 0 Å². The smallest absolute Gasteiger partial charge is 0.394 e. The van der Waals surface area contributed by atoms with Crippen molar-refractivity contribution < 1.29 is 45.7 Å². The Morgan fingerprint density at radius 3 is 2.10 bits per heavy atom. The highest BCUT2D eigenvalue weighted by Gasteiger charge is 2.41. The molecule has 1 aliphatic heterocycles. The molecule has 2 atom stereocenters. The third-order valence-corrected chi connectivity index (χ3v) is 7.53. The molecule has 3 aromatic rings. The van der Waals surface area contributed by atoms with E-state index in [9.17, 15) is 41.4 Å². The van der Waals surface area contributed by atoms with Crippen LogP contribution in [0.2, 0.25) is 0 Å². The molecule has 2 unspecified atom stereocenters.